The van der Waals surface area contributed by atoms with Gasteiger partial charge in [0.1, 0.15) is 0 Å². The van der Waals surface area contributed by atoms with Crippen LogP contribution in [0.25, 0.3) is 11.1 Å². The average molecular weight is 338 g/mol. The monoisotopic (exact) mass is 338 g/mol. The Balaban J connectivity index is 1.64. The molecule has 0 atom stereocenters. The maximum absolute atomic E-state index is 11.5. The highest BCUT2D eigenvalue weighted by Gasteiger charge is 2.12. The topological polar surface area (TPSA) is 32.8 Å². The van der Waals surface area contributed by atoms with Crippen LogP contribution in [0.15, 0.2) is 48.5 Å². The number of nitrogens with zero attached hydrogens (tertiary/aromatic N) is 2. The normalized spacial score (nSPS) is 16.4. The molecule has 0 N–H and O–H groups in total. The molecule has 2 aromatic carbocycles. The van der Waals surface area contributed by atoms with Crippen LogP contribution in [-0.2, 0) is 11.3 Å². The highest BCUT2D eigenvalue weighted by atomic mass is 16.5. The highest BCUT2D eigenvalue weighted by Crippen LogP contribution is 2.21. The van der Waals surface area contributed by atoms with Gasteiger partial charge in [-0.3, -0.25) is 4.90 Å². The smallest absolute Gasteiger partial charge is 0.337 e. The molecule has 1 aliphatic rings. The molecule has 1 saturated heterocycles. The second-order valence-electron chi connectivity index (χ2n) is 6.70. The lowest BCUT2D eigenvalue weighted by molar-refractivity contribution is 0.0601. The number of carbonyl (C=O) groups is 1. The summed E-state index contributed by atoms with van der Waals surface area (Å²) in [5.41, 5.74) is 4.19. The number of likely N-dealkylation sites (N-methyl/N-ethyl adjacent to an activating group) is 1. The average Bonchev–Trinajstić information content (AvgIpc) is 2.86. The van der Waals surface area contributed by atoms with E-state index in [1.807, 2.05) is 24.3 Å². The number of rotatable bonds is 4. The van der Waals surface area contributed by atoms with E-state index in [1.165, 1.54) is 32.2 Å². The number of hydrogen-bond donors (Lipinski definition) is 0. The molecule has 0 spiro atoms. The van der Waals surface area contributed by atoms with Crippen molar-refractivity contribution >= 4 is 5.97 Å². The first-order valence-corrected chi connectivity index (χ1v) is 8.84. The molecule has 3 rings (SSSR count). The van der Waals surface area contributed by atoms with Crippen molar-refractivity contribution in [1.29, 1.82) is 0 Å². The van der Waals surface area contributed by atoms with Crippen molar-refractivity contribution in [2.24, 2.45) is 0 Å². The predicted octanol–water partition coefficient (Wildman–Crippen LogP) is 3.28. The maximum atomic E-state index is 11.5. The molecule has 0 aromatic heterocycles. The van der Waals surface area contributed by atoms with Crippen molar-refractivity contribution in [2.45, 2.75) is 13.0 Å². The molecule has 0 amide bonds. The second kappa shape index (κ2) is 8.28. The van der Waals surface area contributed by atoms with Gasteiger partial charge in [-0.25, -0.2) is 4.79 Å². The van der Waals surface area contributed by atoms with E-state index in [9.17, 15) is 4.79 Å². The first-order valence-electron chi connectivity index (χ1n) is 8.84. The van der Waals surface area contributed by atoms with Gasteiger partial charge < -0.3 is 9.64 Å². The minimum Gasteiger partial charge on any atom is -0.465 e. The predicted molar refractivity (Wildman–Crippen MR) is 101 cm³/mol. The lowest BCUT2D eigenvalue weighted by atomic mass is 10.0. The Morgan fingerprint density at radius 2 is 1.56 bits per heavy atom. The van der Waals surface area contributed by atoms with Crippen molar-refractivity contribution < 1.29 is 9.53 Å². The van der Waals surface area contributed by atoms with E-state index in [1.54, 1.807) is 0 Å². The van der Waals surface area contributed by atoms with Crippen LogP contribution in [0.3, 0.4) is 0 Å². The summed E-state index contributed by atoms with van der Waals surface area (Å²) < 4.78 is 4.74. The molecule has 1 fully saturated rings. The van der Waals surface area contributed by atoms with E-state index < -0.39 is 0 Å². The van der Waals surface area contributed by atoms with Crippen LogP contribution < -0.4 is 0 Å². The van der Waals surface area contributed by atoms with Gasteiger partial charge in [0.15, 0.2) is 0 Å². The highest BCUT2D eigenvalue weighted by molar-refractivity contribution is 5.89. The van der Waals surface area contributed by atoms with Crippen LogP contribution in [0.2, 0.25) is 0 Å². The van der Waals surface area contributed by atoms with Gasteiger partial charge in [0.05, 0.1) is 12.7 Å². The standard InChI is InChI=1S/C21H26N2O2/c1-22-12-3-13-23(15-14-22)16-17-4-6-18(7-5-17)19-8-10-20(11-9-19)21(24)25-2/h4-11H,3,12-16H2,1-2H3. The largest absolute Gasteiger partial charge is 0.465 e. The second-order valence-corrected chi connectivity index (χ2v) is 6.70. The Labute approximate surface area is 150 Å². The molecule has 1 aliphatic heterocycles. The molecule has 2 aromatic rings. The van der Waals surface area contributed by atoms with Crippen molar-refractivity contribution in [1.82, 2.24) is 9.80 Å². The summed E-state index contributed by atoms with van der Waals surface area (Å²) in [6.07, 6.45) is 1.24. The van der Waals surface area contributed by atoms with E-state index in [-0.39, 0.29) is 5.97 Å². The van der Waals surface area contributed by atoms with Crippen LogP contribution in [0, 0.1) is 0 Å². The van der Waals surface area contributed by atoms with E-state index in [0.29, 0.717) is 5.56 Å². The minimum absolute atomic E-state index is 0.301. The van der Waals surface area contributed by atoms with E-state index >= 15 is 0 Å². The van der Waals surface area contributed by atoms with E-state index in [4.69, 9.17) is 4.74 Å². The van der Waals surface area contributed by atoms with Gasteiger partial charge in [0.2, 0.25) is 0 Å². The lowest BCUT2D eigenvalue weighted by Crippen LogP contribution is -2.28. The van der Waals surface area contributed by atoms with Crippen LogP contribution in [0.4, 0.5) is 0 Å². The summed E-state index contributed by atoms with van der Waals surface area (Å²) in [6, 6.07) is 16.3. The molecule has 0 radical (unpaired) electrons. The van der Waals surface area contributed by atoms with Gasteiger partial charge in [0.25, 0.3) is 0 Å². The summed E-state index contributed by atoms with van der Waals surface area (Å²) in [4.78, 5) is 16.4. The quantitative estimate of drug-likeness (QED) is 0.801. The zero-order valence-corrected chi connectivity index (χ0v) is 15.1. The molecule has 4 heteroatoms. The molecular formula is C21H26N2O2. The Morgan fingerprint density at radius 3 is 2.20 bits per heavy atom. The number of benzene rings is 2. The Hall–Kier alpha value is -2.17. The van der Waals surface area contributed by atoms with Crippen molar-refractivity contribution in [3.8, 4) is 11.1 Å². The Bertz CT molecular complexity index is 695. The van der Waals surface area contributed by atoms with E-state index in [0.717, 1.165) is 30.8 Å². The maximum Gasteiger partial charge on any atom is 0.337 e. The molecule has 0 unspecified atom stereocenters. The van der Waals surface area contributed by atoms with Gasteiger partial charge in [0, 0.05) is 19.6 Å². The molecule has 25 heavy (non-hydrogen) atoms. The fourth-order valence-electron chi connectivity index (χ4n) is 3.24. The molecule has 4 nitrogen and oxygen atoms in total. The summed E-state index contributed by atoms with van der Waals surface area (Å²) in [5.74, 6) is -0.301. The molecular weight excluding hydrogens is 312 g/mol. The number of carbonyl (C=O) groups excluding carboxylic acids is 1. The van der Waals surface area contributed by atoms with Crippen LogP contribution in [-0.4, -0.2) is 56.1 Å². The fraction of sp³-hybridized carbons (Fsp3) is 0.381. The van der Waals surface area contributed by atoms with Gasteiger partial charge in [-0.15, -0.1) is 0 Å². The first kappa shape index (κ1) is 17.6. The third kappa shape index (κ3) is 4.68. The summed E-state index contributed by atoms with van der Waals surface area (Å²) >= 11 is 0. The summed E-state index contributed by atoms with van der Waals surface area (Å²) in [6.45, 7) is 5.64. The number of ether oxygens (including phenoxy) is 1. The third-order valence-corrected chi connectivity index (χ3v) is 4.81. The third-order valence-electron chi connectivity index (χ3n) is 4.81. The SMILES string of the molecule is COC(=O)c1ccc(-c2ccc(CN3CCCN(C)CC3)cc2)cc1. The van der Waals surface area contributed by atoms with Gasteiger partial charge >= 0.3 is 5.97 Å². The molecule has 0 aliphatic carbocycles. The van der Waals surface area contributed by atoms with Crippen LogP contribution >= 0.6 is 0 Å². The number of methoxy groups -OCH3 is 1. The lowest BCUT2D eigenvalue weighted by Gasteiger charge is -2.20. The van der Waals surface area contributed by atoms with Gasteiger partial charge in [-0.2, -0.15) is 0 Å². The zero-order chi connectivity index (χ0) is 17.6. The Kier molecular flexibility index (Phi) is 5.84. The summed E-state index contributed by atoms with van der Waals surface area (Å²) in [7, 11) is 3.60. The Morgan fingerprint density at radius 1 is 0.920 bits per heavy atom. The van der Waals surface area contributed by atoms with Crippen molar-refractivity contribution in [2.75, 3.05) is 40.3 Å². The first-order chi connectivity index (χ1) is 12.2. The molecule has 0 bridgehead atoms. The minimum atomic E-state index is -0.301. The molecule has 132 valence electrons. The van der Waals surface area contributed by atoms with Crippen molar-refractivity contribution in [3.05, 3.63) is 59.7 Å². The van der Waals surface area contributed by atoms with E-state index in [2.05, 4.69) is 41.1 Å². The number of esters is 1. The van der Waals surface area contributed by atoms with Crippen molar-refractivity contribution in [3.63, 3.8) is 0 Å². The summed E-state index contributed by atoms with van der Waals surface area (Å²) in [5, 5.41) is 0. The molecule has 1 heterocycles. The zero-order valence-electron chi connectivity index (χ0n) is 15.1. The number of hydrogen-bond acceptors (Lipinski definition) is 4. The van der Waals surface area contributed by atoms with Gasteiger partial charge in [-0.1, -0.05) is 36.4 Å². The fourth-order valence-corrected chi connectivity index (χ4v) is 3.24. The van der Waals surface area contributed by atoms with Gasteiger partial charge in [-0.05, 0) is 55.4 Å². The van der Waals surface area contributed by atoms with Crippen LogP contribution in [0.5, 0.6) is 0 Å². The van der Waals surface area contributed by atoms with Crippen LogP contribution in [0.1, 0.15) is 22.3 Å². The molecule has 0 saturated carbocycles.